The second-order valence-electron chi connectivity index (χ2n) is 7.89. The number of nitrogens with one attached hydrogen (secondary N) is 1. The van der Waals surface area contributed by atoms with Crippen molar-refractivity contribution < 1.29 is 24.2 Å². The van der Waals surface area contributed by atoms with Gasteiger partial charge in [-0.05, 0) is 48.2 Å². The van der Waals surface area contributed by atoms with Crippen LogP contribution in [0.25, 0.3) is 0 Å². The largest absolute Gasteiger partial charge is 0.497 e. The zero-order valence-corrected chi connectivity index (χ0v) is 17.7. The Bertz CT molecular complexity index is 895. The number of nitrogens with zero attached hydrogens (tertiary/aromatic N) is 1. The molecule has 2 aromatic carbocycles. The Kier molecular flexibility index (Phi) is 6.31. The van der Waals surface area contributed by atoms with Gasteiger partial charge in [0.1, 0.15) is 29.7 Å². The monoisotopic (exact) mass is 412 g/mol. The van der Waals surface area contributed by atoms with Gasteiger partial charge in [0.25, 0.3) is 5.91 Å². The molecular weight excluding hydrogens is 384 g/mol. The minimum atomic E-state index is -1.16. The lowest BCUT2D eigenvalue weighted by atomic mass is 9.90. The van der Waals surface area contributed by atoms with E-state index in [1.54, 1.807) is 38.3 Å². The number of carbonyl (C=O) groups is 2. The molecular formula is C23H28N2O5. The summed E-state index contributed by atoms with van der Waals surface area (Å²) in [6, 6.07) is 14.0. The molecule has 2 aromatic rings. The minimum absolute atomic E-state index is 0.0524. The number of urea groups is 1. The van der Waals surface area contributed by atoms with Gasteiger partial charge in [-0.15, -0.1) is 0 Å². The highest BCUT2D eigenvalue weighted by atomic mass is 16.5. The number of amides is 3. The zero-order chi connectivity index (χ0) is 21.9. The van der Waals surface area contributed by atoms with Gasteiger partial charge in [-0.3, -0.25) is 9.69 Å². The summed E-state index contributed by atoms with van der Waals surface area (Å²) in [5, 5.41) is 13.1. The van der Waals surface area contributed by atoms with Crippen LogP contribution in [0.3, 0.4) is 0 Å². The van der Waals surface area contributed by atoms with E-state index in [-0.39, 0.29) is 13.2 Å². The van der Waals surface area contributed by atoms with Crippen LogP contribution in [0.5, 0.6) is 11.5 Å². The number of ether oxygens (including phenoxy) is 2. The third-order valence-electron chi connectivity index (χ3n) is 5.32. The highest BCUT2D eigenvalue weighted by Crippen LogP contribution is 2.30. The number of hydrogen-bond acceptors (Lipinski definition) is 5. The predicted molar refractivity (Wildman–Crippen MR) is 113 cm³/mol. The van der Waals surface area contributed by atoms with E-state index in [1.807, 2.05) is 24.3 Å². The van der Waals surface area contributed by atoms with Crippen LogP contribution in [0.4, 0.5) is 4.79 Å². The van der Waals surface area contributed by atoms with Crippen LogP contribution < -0.4 is 14.8 Å². The van der Waals surface area contributed by atoms with Crippen LogP contribution in [0, 0.1) is 0 Å². The smallest absolute Gasteiger partial charge is 0.325 e. The molecule has 0 spiro atoms. The highest BCUT2D eigenvalue weighted by molar-refractivity contribution is 6.07. The first-order valence-corrected chi connectivity index (χ1v) is 9.94. The molecule has 0 saturated carbocycles. The van der Waals surface area contributed by atoms with Gasteiger partial charge in [-0.2, -0.15) is 0 Å². The predicted octanol–water partition coefficient (Wildman–Crippen LogP) is 3.03. The van der Waals surface area contributed by atoms with Crippen molar-refractivity contribution >= 4 is 11.9 Å². The lowest BCUT2D eigenvalue weighted by Gasteiger charge is -2.23. The summed E-state index contributed by atoms with van der Waals surface area (Å²) in [7, 11) is 1.57. The summed E-state index contributed by atoms with van der Waals surface area (Å²) >= 11 is 0. The number of aliphatic hydroxyl groups is 1. The number of aliphatic hydroxyl groups excluding tert-OH is 1. The fourth-order valence-electron chi connectivity index (χ4n) is 3.39. The van der Waals surface area contributed by atoms with Crippen molar-refractivity contribution in [3.8, 4) is 11.5 Å². The molecule has 0 aliphatic carbocycles. The fraction of sp³-hybridized carbons (Fsp3) is 0.391. The normalized spacial score (nSPS) is 19.7. The summed E-state index contributed by atoms with van der Waals surface area (Å²) in [4.78, 5) is 26.5. The average molecular weight is 412 g/mol. The van der Waals surface area contributed by atoms with Crippen molar-refractivity contribution in [1.82, 2.24) is 10.2 Å². The number of benzene rings is 2. The first kappa shape index (κ1) is 21.6. The molecule has 30 heavy (non-hydrogen) atoms. The third-order valence-corrected chi connectivity index (χ3v) is 5.32. The van der Waals surface area contributed by atoms with E-state index in [1.165, 1.54) is 0 Å². The van der Waals surface area contributed by atoms with E-state index in [9.17, 15) is 14.7 Å². The Hall–Kier alpha value is -3.06. The number of carbonyl (C=O) groups excluding carboxylic acids is 2. The fourth-order valence-corrected chi connectivity index (χ4v) is 3.39. The summed E-state index contributed by atoms with van der Waals surface area (Å²) in [5.74, 6) is 1.23. The Morgan fingerprint density at radius 3 is 2.20 bits per heavy atom. The highest BCUT2D eigenvalue weighted by Gasteiger charge is 2.49. The van der Waals surface area contributed by atoms with Gasteiger partial charge < -0.3 is 19.9 Å². The molecule has 160 valence electrons. The number of methoxy groups -OCH3 is 1. The van der Waals surface area contributed by atoms with Crippen LogP contribution in [0.2, 0.25) is 0 Å². The van der Waals surface area contributed by atoms with Gasteiger partial charge in [-0.25, -0.2) is 4.79 Å². The summed E-state index contributed by atoms with van der Waals surface area (Å²) < 4.78 is 10.6. The van der Waals surface area contributed by atoms with E-state index in [2.05, 4.69) is 19.2 Å². The van der Waals surface area contributed by atoms with E-state index in [4.69, 9.17) is 9.47 Å². The molecule has 2 N–H and O–H groups in total. The number of hydrogen-bond donors (Lipinski definition) is 2. The maximum Gasteiger partial charge on any atom is 0.325 e. The van der Waals surface area contributed by atoms with Crippen molar-refractivity contribution in [1.29, 1.82) is 0 Å². The maximum atomic E-state index is 13.0. The second kappa shape index (κ2) is 8.75. The quantitative estimate of drug-likeness (QED) is 0.651. The van der Waals surface area contributed by atoms with Crippen LogP contribution in [-0.4, -0.2) is 48.3 Å². The summed E-state index contributed by atoms with van der Waals surface area (Å²) in [5.41, 5.74) is 0.696. The molecule has 0 radical (unpaired) electrons. The molecule has 1 saturated heterocycles. The average Bonchev–Trinajstić information content (AvgIpc) is 2.96. The second-order valence-corrected chi connectivity index (χ2v) is 7.89. The Morgan fingerprint density at radius 1 is 1.03 bits per heavy atom. The first-order chi connectivity index (χ1) is 14.2. The van der Waals surface area contributed by atoms with Gasteiger partial charge in [0.15, 0.2) is 0 Å². The Morgan fingerprint density at radius 2 is 1.63 bits per heavy atom. The minimum Gasteiger partial charge on any atom is -0.497 e. The van der Waals surface area contributed by atoms with Gasteiger partial charge in [0.2, 0.25) is 0 Å². The van der Waals surface area contributed by atoms with Crippen molar-refractivity contribution in [2.75, 3.05) is 20.3 Å². The van der Waals surface area contributed by atoms with E-state index in [0.717, 1.165) is 10.5 Å². The van der Waals surface area contributed by atoms with Gasteiger partial charge in [0, 0.05) is 0 Å². The Labute approximate surface area is 176 Å². The lowest BCUT2D eigenvalue weighted by molar-refractivity contribution is -0.132. The number of β-amino-alcohol motifs (C(OH)–C–C–N with tert-alkyl or cyclic N) is 1. The number of rotatable bonds is 8. The van der Waals surface area contributed by atoms with E-state index < -0.39 is 23.6 Å². The molecule has 2 unspecified atom stereocenters. The summed E-state index contributed by atoms with van der Waals surface area (Å²) in [6.45, 7) is 5.66. The molecule has 1 aliphatic heterocycles. The van der Waals surface area contributed by atoms with E-state index >= 15 is 0 Å². The van der Waals surface area contributed by atoms with Crippen LogP contribution in [0.15, 0.2) is 48.5 Å². The third kappa shape index (κ3) is 4.41. The molecule has 0 bridgehead atoms. The molecule has 7 heteroatoms. The molecule has 2 atom stereocenters. The van der Waals surface area contributed by atoms with Crippen molar-refractivity contribution in [3.05, 3.63) is 59.7 Å². The van der Waals surface area contributed by atoms with Crippen molar-refractivity contribution in [3.63, 3.8) is 0 Å². The van der Waals surface area contributed by atoms with Crippen LogP contribution in [-0.2, 0) is 10.3 Å². The molecule has 1 fully saturated rings. The van der Waals surface area contributed by atoms with Crippen LogP contribution in [0.1, 0.15) is 37.8 Å². The van der Waals surface area contributed by atoms with Gasteiger partial charge in [-0.1, -0.05) is 38.1 Å². The van der Waals surface area contributed by atoms with Crippen LogP contribution >= 0.6 is 0 Å². The topological polar surface area (TPSA) is 88.1 Å². The van der Waals surface area contributed by atoms with Gasteiger partial charge >= 0.3 is 6.03 Å². The maximum absolute atomic E-state index is 13.0. The standard InChI is InChI=1S/C23H28N2O5/c1-15(2)16-5-7-17(8-6-16)23(3)21(27)25(22(28)24-23)13-18(26)14-30-20-11-9-19(29-4)10-12-20/h5-12,15,18,26H,13-14H2,1-4H3,(H,24,28). The number of imide groups is 1. The Balaban J connectivity index is 1.63. The SMILES string of the molecule is COc1ccc(OCC(O)CN2C(=O)NC(C)(c3ccc(C(C)C)cc3)C2=O)cc1. The van der Waals surface area contributed by atoms with Crippen molar-refractivity contribution in [2.45, 2.75) is 38.3 Å². The van der Waals surface area contributed by atoms with E-state index in [0.29, 0.717) is 23.0 Å². The van der Waals surface area contributed by atoms with Gasteiger partial charge in [0.05, 0.1) is 13.7 Å². The molecule has 1 aliphatic rings. The summed E-state index contributed by atoms with van der Waals surface area (Å²) in [6.07, 6.45) is -1.02. The van der Waals surface area contributed by atoms with Crippen molar-refractivity contribution in [2.24, 2.45) is 0 Å². The molecule has 0 aromatic heterocycles. The zero-order valence-electron chi connectivity index (χ0n) is 17.7. The first-order valence-electron chi connectivity index (χ1n) is 9.94. The molecule has 7 nitrogen and oxygen atoms in total. The lowest BCUT2D eigenvalue weighted by Crippen LogP contribution is -2.42. The molecule has 3 amide bonds. The molecule has 1 heterocycles. The molecule has 3 rings (SSSR count).